The van der Waals surface area contributed by atoms with Crippen molar-refractivity contribution in [2.75, 3.05) is 19.0 Å². The SMILES string of the molecule is COc1ccc(CNc2ccc3c(c2)C(OCCc2ccccc2)C(OCc2ccccc2)C(C)(C)O3)cc1. The molecular weight excluding hydrogens is 486 g/mol. The molecule has 5 heteroatoms. The van der Waals surface area contributed by atoms with Gasteiger partial charge in [0, 0.05) is 17.8 Å². The zero-order valence-corrected chi connectivity index (χ0v) is 22.9. The Kier molecular flexibility index (Phi) is 8.50. The first kappa shape index (κ1) is 26.8. The number of nitrogens with one attached hydrogen (secondary N) is 1. The van der Waals surface area contributed by atoms with Crippen LogP contribution in [-0.4, -0.2) is 25.4 Å². The van der Waals surface area contributed by atoms with Gasteiger partial charge < -0.3 is 24.3 Å². The summed E-state index contributed by atoms with van der Waals surface area (Å²) in [6, 6.07) is 35.0. The second-order valence-corrected chi connectivity index (χ2v) is 10.4. The number of hydrogen-bond acceptors (Lipinski definition) is 5. The minimum atomic E-state index is -0.572. The van der Waals surface area contributed by atoms with Crippen molar-refractivity contribution in [3.63, 3.8) is 0 Å². The van der Waals surface area contributed by atoms with Gasteiger partial charge in [-0.15, -0.1) is 0 Å². The van der Waals surface area contributed by atoms with Crippen molar-refractivity contribution in [2.24, 2.45) is 0 Å². The quantitative estimate of drug-likeness (QED) is 0.223. The van der Waals surface area contributed by atoms with Gasteiger partial charge in [-0.3, -0.25) is 0 Å². The van der Waals surface area contributed by atoms with Crippen LogP contribution < -0.4 is 14.8 Å². The molecule has 5 rings (SSSR count). The highest BCUT2D eigenvalue weighted by Gasteiger charge is 2.45. The van der Waals surface area contributed by atoms with Crippen LogP contribution in [0.5, 0.6) is 11.5 Å². The van der Waals surface area contributed by atoms with E-state index < -0.39 is 5.60 Å². The molecule has 1 aliphatic heterocycles. The monoisotopic (exact) mass is 523 g/mol. The first-order valence-electron chi connectivity index (χ1n) is 13.5. The van der Waals surface area contributed by atoms with E-state index >= 15 is 0 Å². The van der Waals surface area contributed by atoms with E-state index in [2.05, 4.69) is 79.8 Å². The van der Waals surface area contributed by atoms with Crippen molar-refractivity contribution in [3.8, 4) is 11.5 Å². The first-order valence-corrected chi connectivity index (χ1v) is 13.5. The molecule has 0 bridgehead atoms. The Labute approximate surface area is 231 Å². The molecule has 0 fully saturated rings. The lowest BCUT2D eigenvalue weighted by atomic mass is 9.87. The summed E-state index contributed by atoms with van der Waals surface area (Å²) in [5.74, 6) is 1.68. The molecule has 4 aromatic carbocycles. The number of methoxy groups -OCH3 is 1. The highest BCUT2D eigenvalue weighted by molar-refractivity contribution is 5.54. The number of fused-ring (bicyclic) bond motifs is 1. The van der Waals surface area contributed by atoms with E-state index in [9.17, 15) is 0 Å². The van der Waals surface area contributed by atoms with Crippen LogP contribution >= 0.6 is 0 Å². The zero-order chi connectivity index (χ0) is 27.1. The number of rotatable bonds is 11. The van der Waals surface area contributed by atoms with Gasteiger partial charge in [0.15, 0.2) is 0 Å². The Balaban J connectivity index is 1.37. The smallest absolute Gasteiger partial charge is 0.132 e. The first-order chi connectivity index (χ1) is 19.0. The molecule has 1 N–H and O–H groups in total. The summed E-state index contributed by atoms with van der Waals surface area (Å²) in [5, 5.41) is 3.55. The minimum Gasteiger partial charge on any atom is -0.497 e. The Morgan fingerprint density at radius 3 is 2.15 bits per heavy atom. The molecule has 0 saturated heterocycles. The fourth-order valence-corrected chi connectivity index (χ4v) is 4.96. The van der Waals surface area contributed by atoms with Crippen LogP contribution in [0.4, 0.5) is 5.69 Å². The summed E-state index contributed by atoms with van der Waals surface area (Å²) >= 11 is 0. The molecule has 0 aliphatic carbocycles. The van der Waals surface area contributed by atoms with E-state index in [0.717, 1.165) is 34.7 Å². The number of hydrogen-bond donors (Lipinski definition) is 1. The molecule has 0 aromatic heterocycles. The molecule has 39 heavy (non-hydrogen) atoms. The fourth-order valence-electron chi connectivity index (χ4n) is 4.96. The van der Waals surface area contributed by atoms with Crippen molar-refractivity contribution in [1.29, 1.82) is 0 Å². The highest BCUT2D eigenvalue weighted by atomic mass is 16.6. The third kappa shape index (κ3) is 6.80. The van der Waals surface area contributed by atoms with E-state index in [0.29, 0.717) is 19.8 Å². The van der Waals surface area contributed by atoms with Gasteiger partial charge in [-0.05, 0) is 67.3 Å². The van der Waals surface area contributed by atoms with Crippen LogP contribution in [0.1, 0.15) is 42.2 Å². The van der Waals surface area contributed by atoms with Gasteiger partial charge in [0.2, 0.25) is 0 Å². The normalized spacial score (nSPS) is 17.6. The summed E-state index contributed by atoms with van der Waals surface area (Å²) in [6.07, 6.45) is 0.256. The lowest BCUT2D eigenvalue weighted by molar-refractivity contribution is -0.167. The molecule has 2 unspecified atom stereocenters. The summed E-state index contributed by atoms with van der Waals surface area (Å²) in [5.41, 5.74) is 4.98. The maximum Gasteiger partial charge on any atom is 0.132 e. The summed E-state index contributed by atoms with van der Waals surface area (Å²) in [6.45, 7) is 5.92. The van der Waals surface area contributed by atoms with Gasteiger partial charge in [0.05, 0.1) is 20.3 Å². The maximum atomic E-state index is 6.65. The molecule has 5 nitrogen and oxygen atoms in total. The van der Waals surface area contributed by atoms with Gasteiger partial charge in [-0.2, -0.15) is 0 Å². The minimum absolute atomic E-state index is 0.279. The molecule has 2 atom stereocenters. The second-order valence-electron chi connectivity index (χ2n) is 10.4. The lowest BCUT2D eigenvalue weighted by Gasteiger charge is -2.44. The van der Waals surface area contributed by atoms with E-state index in [4.69, 9.17) is 18.9 Å². The predicted octanol–water partition coefficient (Wildman–Crippen LogP) is 7.36. The Morgan fingerprint density at radius 2 is 1.46 bits per heavy atom. The molecule has 0 saturated carbocycles. The summed E-state index contributed by atoms with van der Waals surface area (Å²) < 4.78 is 25.0. The van der Waals surface area contributed by atoms with Crippen molar-refractivity contribution < 1.29 is 18.9 Å². The average Bonchev–Trinajstić information content (AvgIpc) is 2.96. The standard InChI is InChI=1S/C34H37NO4/c1-34(2)33(38-24-27-12-8-5-9-13-27)32(37-21-20-25-10-6-4-7-11-25)30-22-28(16-19-31(30)39-34)35-23-26-14-17-29(36-3)18-15-26/h4-19,22,32-33,35H,20-21,23-24H2,1-3H3. The van der Waals surface area contributed by atoms with Gasteiger partial charge in [0.1, 0.15) is 29.3 Å². The van der Waals surface area contributed by atoms with Crippen molar-refractivity contribution in [3.05, 3.63) is 125 Å². The Bertz CT molecular complexity index is 1320. The van der Waals surface area contributed by atoms with Crippen LogP contribution in [0.2, 0.25) is 0 Å². The fraction of sp³-hybridized carbons (Fsp3) is 0.294. The van der Waals surface area contributed by atoms with Crippen LogP contribution in [-0.2, 0) is 29.0 Å². The van der Waals surface area contributed by atoms with E-state index in [-0.39, 0.29) is 12.2 Å². The van der Waals surface area contributed by atoms with Crippen LogP contribution in [0.25, 0.3) is 0 Å². The number of benzene rings is 4. The van der Waals surface area contributed by atoms with E-state index in [1.165, 1.54) is 11.1 Å². The van der Waals surface area contributed by atoms with Gasteiger partial charge in [-0.1, -0.05) is 72.8 Å². The largest absolute Gasteiger partial charge is 0.497 e. The Hall–Kier alpha value is -3.80. The van der Waals surface area contributed by atoms with Gasteiger partial charge >= 0.3 is 0 Å². The molecule has 0 spiro atoms. The average molecular weight is 524 g/mol. The van der Waals surface area contributed by atoms with Crippen LogP contribution in [0.3, 0.4) is 0 Å². The lowest BCUT2D eigenvalue weighted by Crippen LogP contribution is -2.51. The van der Waals surface area contributed by atoms with Crippen molar-refractivity contribution in [2.45, 2.75) is 51.2 Å². The number of anilines is 1. The predicted molar refractivity (Wildman–Crippen MR) is 155 cm³/mol. The molecular formula is C34H37NO4. The van der Waals surface area contributed by atoms with Crippen molar-refractivity contribution >= 4 is 5.69 Å². The molecule has 1 aliphatic rings. The summed E-state index contributed by atoms with van der Waals surface area (Å²) in [7, 11) is 1.68. The van der Waals surface area contributed by atoms with Crippen LogP contribution in [0, 0.1) is 0 Å². The molecule has 202 valence electrons. The highest BCUT2D eigenvalue weighted by Crippen LogP contribution is 2.44. The van der Waals surface area contributed by atoms with E-state index in [1.54, 1.807) is 7.11 Å². The molecule has 0 radical (unpaired) electrons. The number of ether oxygens (including phenoxy) is 4. The molecule has 0 amide bonds. The Morgan fingerprint density at radius 1 is 0.769 bits per heavy atom. The van der Waals surface area contributed by atoms with Crippen LogP contribution in [0.15, 0.2) is 103 Å². The zero-order valence-electron chi connectivity index (χ0n) is 22.9. The maximum absolute atomic E-state index is 6.65. The molecule has 1 heterocycles. The third-order valence-electron chi connectivity index (χ3n) is 7.11. The second kappa shape index (κ2) is 12.4. The van der Waals surface area contributed by atoms with E-state index in [1.807, 2.05) is 42.5 Å². The van der Waals surface area contributed by atoms with Crippen molar-refractivity contribution in [1.82, 2.24) is 0 Å². The summed E-state index contributed by atoms with van der Waals surface area (Å²) in [4.78, 5) is 0. The van der Waals surface area contributed by atoms with Gasteiger partial charge in [-0.25, -0.2) is 0 Å². The van der Waals surface area contributed by atoms with Gasteiger partial charge in [0.25, 0.3) is 0 Å². The topological polar surface area (TPSA) is 49.0 Å². The third-order valence-corrected chi connectivity index (χ3v) is 7.11. The molecule has 4 aromatic rings.